The summed E-state index contributed by atoms with van der Waals surface area (Å²) in [5.74, 6) is 0. The molecule has 0 saturated heterocycles. The quantitative estimate of drug-likeness (QED) is 0.667. The Morgan fingerprint density at radius 2 is 1.33 bits per heavy atom. The molecule has 2 nitrogen and oxygen atoms in total. The first-order valence-corrected chi connectivity index (χ1v) is 5.84. The van der Waals surface area contributed by atoms with Gasteiger partial charge in [0.1, 0.15) is 0 Å². The lowest BCUT2D eigenvalue weighted by Gasteiger charge is -2.19. The van der Waals surface area contributed by atoms with Crippen LogP contribution in [0.3, 0.4) is 0 Å². The van der Waals surface area contributed by atoms with E-state index in [0.717, 1.165) is 0 Å². The van der Waals surface area contributed by atoms with Gasteiger partial charge in [-0.25, -0.2) is 0 Å². The normalized spacial score (nSPS) is 20.5. The molecular formula is C13H20O2. The third kappa shape index (κ3) is 4.32. The summed E-state index contributed by atoms with van der Waals surface area (Å²) < 4.78 is 0. The molecule has 0 aliphatic heterocycles. The van der Waals surface area contributed by atoms with Crippen LogP contribution in [0.15, 0.2) is 23.3 Å². The second-order valence-electron chi connectivity index (χ2n) is 4.06. The molecule has 0 heterocycles. The minimum atomic E-state index is -0.250. The van der Waals surface area contributed by atoms with E-state index in [1.54, 1.807) is 11.1 Å². The molecule has 0 aromatic heterocycles. The average Bonchev–Trinajstić information content (AvgIpc) is 2.32. The first-order chi connectivity index (χ1) is 7.38. The van der Waals surface area contributed by atoms with E-state index in [0.29, 0.717) is 0 Å². The molecule has 0 atom stereocenters. The Kier molecular flexibility index (Phi) is 5.83. The summed E-state index contributed by atoms with van der Waals surface area (Å²) >= 11 is 0. The largest absolute Gasteiger partial charge is 0.483 e. The average molecular weight is 208 g/mol. The zero-order valence-corrected chi connectivity index (χ0v) is 9.24. The minimum Gasteiger partial charge on any atom is -0.483 e. The van der Waals surface area contributed by atoms with Crippen LogP contribution in [0.1, 0.15) is 51.4 Å². The summed E-state index contributed by atoms with van der Waals surface area (Å²) in [6.45, 7) is -0.250. The van der Waals surface area contributed by atoms with E-state index >= 15 is 0 Å². The lowest BCUT2D eigenvalue weighted by Crippen LogP contribution is -1.99. The van der Waals surface area contributed by atoms with Crippen LogP contribution in [0, 0.1) is 0 Å². The summed E-state index contributed by atoms with van der Waals surface area (Å²) in [5.41, 5.74) is 3.36. The van der Waals surface area contributed by atoms with Gasteiger partial charge in [-0.2, -0.15) is 0 Å². The van der Waals surface area contributed by atoms with Crippen LogP contribution in [0.5, 0.6) is 0 Å². The van der Waals surface area contributed by atoms with E-state index in [4.69, 9.17) is 9.90 Å². The summed E-state index contributed by atoms with van der Waals surface area (Å²) in [4.78, 5) is 8.36. The molecule has 0 fully saturated rings. The predicted octanol–water partition coefficient (Wildman–Crippen LogP) is 3.69. The first kappa shape index (κ1) is 12.0. The molecule has 0 spiro atoms. The van der Waals surface area contributed by atoms with Crippen molar-refractivity contribution in [3.05, 3.63) is 23.3 Å². The molecule has 0 amide bonds. The SMILES string of the molecule is C1=C(C2=CCCCC2)CCCC1.O=CO. The van der Waals surface area contributed by atoms with Crippen molar-refractivity contribution >= 4 is 6.47 Å². The molecule has 84 valence electrons. The predicted molar refractivity (Wildman–Crippen MR) is 61.8 cm³/mol. The van der Waals surface area contributed by atoms with Crippen molar-refractivity contribution in [3.63, 3.8) is 0 Å². The fourth-order valence-electron chi connectivity index (χ4n) is 2.26. The third-order valence-corrected chi connectivity index (χ3v) is 2.99. The Balaban J connectivity index is 0.000000337. The van der Waals surface area contributed by atoms with E-state index in [1.807, 2.05) is 0 Å². The number of hydrogen-bond acceptors (Lipinski definition) is 1. The monoisotopic (exact) mass is 208 g/mol. The molecule has 2 rings (SSSR count). The number of rotatable bonds is 1. The molecule has 15 heavy (non-hydrogen) atoms. The van der Waals surface area contributed by atoms with Crippen LogP contribution >= 0.6 is 0 Å². The van der Waals surface area contributed by atoms with Crippen LogP contribution in [-0.2, 0) is 4.79 Å². The molecule has 0 aromatic rings. The van der Waals surface area contributed by atoms with Crippen molar-refractivity contribution in [1.82, 2.24) is 0 Å². The highest BCUT2D eigenvalue weighted by Crippen LogP contribution is 2.30. The van der Waals surface area contributed by atoms with Gasteiger partial charge in [0.05, 0.1) is 0 Å². The van der Waals surface area contributed by atoms with Crippen LogP contribution in [-0.4, -0.2) is 11.6 Å². The lowest BCUT2D eigenvalue weighted by molar-refractivity contribution is -0.122. The molecule has 0 radical (unpaired) electrons. The Hall–Kier alpha value is -1.05. The fraction of sp³-hybridized carbons (Fsp3) is 0.615. The third-order valence-electron chi connectivity index (χ3n) is 2.99. The van der Waals surface area contributed by atoms with E-state index in [9.17, 15) is 0 Å². The molecule has 0 unspecified atom stereocenters. The molecule has 0 saturated carbocycles. The van der Waals surface area contributed by atoms with Gasteiger partial charge in [0.25, 0.3) is 6.47 Å². The first-order valence-electron chi connectivity index (χ1n) is 5.84. The summed E-state index contributed by atoms with van der Waals surface area (Å²) in [7, 11) is 0. The standard InChI is InChI=1S/C12H18.CH2O2/c1-3-7-11(8-4-1)12-9-5-2-6-10-12;2-1-3/h7,9H,1-6,8,10H2;1H,(H,2,3). The van der Waals surface area contributed by atoms with Crippen LogP contribution in [0.4, 0.5) is 0 Å². The highest BCUT2D eigenvalue weighted by Gasteiger charge is 2.10. The van der Waals surface area contributed by atoms with Crippen molar-refractivity contribution in [2.45, 2.75) is 51.4 Å². The van der Waals surface area contributed by atoms with Crippen molar-refractivity contribution in [3.8, 4) is 0 Å². The topological polar surface area (TPSA) is 37.3 Å². The van der Waals surface area contributed by atoms with Crippen molar-refractivity contribution in [2.24, 2.45) is 0 Å². The fourth-order valence-corrected chi connectivity index (χ4v) is 2.26. The van der Waals surface area contributed by atoms with Gasteiger partial charge in [0, 0.05) is 0 Å². The Bertz CT molecular complexity index is 227. The Labute approximate surface area is 91.7 Å². The molecule has 2 aliphatic rings. The Morgan fingerprint density at radius 3 is 1.60 bits per heavy atom. The summed E-state index contributed by atoms with van der Waals surface area (Å²) in [5, 5.41) is 6.89. The van der Waals surface area contributed by atoms with Crippen molar-refractivity contribution in [2.75, 3.05) is 0 Å². The highest BCUT2D eigenvalue weighted by molar-refractivity contribution is 5.33. The Morgan fingerprint density at radius 1 is 0.933 bits per heavy atom. The van der Waals surface area contributed by atoms with Crippen molar-refractivity contribution in [1.29, 1.82) is 0 Å². The summed E-state index contributed by atoms with van der Waals surface area (Å²) in [6.07, 6.45) is 16.0. The molecule has 0 aromatic carbocycles. The molecule has 2 heteroatoms. The van der Waals surface area contributed by atoms with E-state index in [-0.39, 0.29) is 6.47 Å². The maximum Gasteiger partial charge on any atom is 0.290 e. The van der Waals surface area contributed by atoms with Gasteiger partial charge in [-0.15, -0.1) is 0 Å². The zero-order valence-electron chi connectivity index (χ0n) is 9.24. The van der Waals surface area contributed by atoms with Crippen LogP contribution in [0.25, 0.3) is 0 Å². The van der Waals surface area contributed by atoms with Gasteiger partial charge in [0.15, 0.2) is 0 Å². The van der Waals surface area contributed by atoms with E-state index in [2.05, 4.69) is 12.2 Å². The molecular weight excluding hydrogens is 188 g/mol. The maximum atomic E-state index is 8.36. The van der Waals surface area contributed by atoms with E-state index in [1.165, 1.54) is 51.4 Å². The lowest BCUT2D eigenvalue weighted by atomic mass is 9.87. The van der Waals surface area contributed by atoms with E-state index < -0.39 is 0 Å². The molecule has 2 aliphatic carbocycles. The number of allylic oxidation sites excluding steroid dienone is 4. The second-order valence-corrected chi connectivity index (χ2v) is 4.06. The van der Waals surface area contributed by atoms with Gasteiger partial charge in [-0.05, 0) is 62.5 Å². The maximum absolute atomic E-state index is 8.36. The van der Waals surface area contributed by atoms with Crippen molar-refractivity contribution < 1.29 is 9.90 Å². The van der Waals surface area contributed by atoms with Gasteiger partial charge >= 0.3 is 0 Å². The minimum absolute atomic E-state index is 0.250. The molecule has 0 bridgehead atoms. The second kappa shape index (κ2) is 7.27. The van der Waals surface area contributed by atoms with Gasteiger partial charge in [-0.1, -0.05) is 12.2 Å². The van der Waals surface area contributed by atoms with Gasteiger partial charge in [0.2, 0.25) is 0 Å². The number of carboxylic acid groups (broad SMARTS) is 1. The molecule has 1 N–H and O–H groups in total. The number of hydrogen-bond donors (Lipinski definition) is 1. The number of carbonyl (C=O) groups is 1. The zero-order chi connectivity index (χ0) is 10.9. The van der Waals surface area contributed by atoms with Gasteiger partial charge < -0.3 is 5.11 Å². The highest BCUT2D eigenvalue weighted by atomic mass is 16.3. The smallest absolute Gasteiger partial charge is 0.290 e. The summed E-state index contributed by atoms with van der Waals surface area (Å²) in [6, 6.07) is 0. The van der Waals surface area contributed by atoms with Gasteiger partial charge in [-0.3, -0.25) is 4.79 Å². The van der Waals surface area contributed by atoms with Crippen LogP contribution in [0.2, 0.25) is 0 Å². The van der Waals surface area contributed by atoms with Crippen LogP contribution < -0.4 is 0 Å².